The van der Waals surface area contributed by atoms with Crippen LogP contribution in [0.4, 0.5) is 0 Å². The van der Waals surface area contributed by atoms with E-state index in [1.165, 1.54) is 0 Å². The van der Waals surface area contributed by atoms with Gasteiger partial charge in [0.1, 0.15) is 12.7 Å². The van der Waals surface area contributed by atoms with Crippen LogP contribution in [0.3, 0.4) is 0 Å². The van der Waals surface area contributed by atoms with Crippen LogP contribution >= 0.6 is 0 Å². The van der Waals surface area contributed by atoms with Crippen LogP contribution in [0.15, 0.2) is 55.1 Å². The lowest BCUT2D eigenvalue weighted by atomic mass is 10.1. The van der Waals surface area contributed by atoms with Crippen molar-refractivity contribution in [1.29, 1.82) is 0 Å². The third kappa shape index (κ3) is 7.55. The molecule has 1 atom stereocenters. The van der Waals surface area contributed by atoms with Crippen LogP contribution in [-0.4, -0.2) is 18.0 Å². The zero-order valence-electron chi connectivity index (χ0n) is 16.7. The molecule has 0 aromatic heterocycles. The first-order valence-corrected chi connectivity index (χ1v) is 10.1. The Morgan fingerprint density at radius 2 is 1.75 bits per heavy atom. The second kappa shape index (κ2) is 12.0. The number of benzene rings is 2. The van der Waals surface area contributed by atoms with E-state index >= 15 is 0 Å². The quantitative estimate of drug-likeness (QED) is 0.267. The first-order valence-electron chi connectivity index (χ1n) is 10.1. The minimum absolute atomic E-state index is 0.206. The van der Waals surface area contributed by atoms with Gasteiger partial charge >= 0.3 is 11.9 Å². The van der Waals surface area contributed by atoms with E-state index in [-0.39, 0.29) is 37.5 Å². The number of hydrogen-bond donors (Lipinski definition) is 0. The van der Waals surface area contributed by atoms with Crippen molar-refractivity contribution in [3.8, 4) is 0 Å². The average Bonchev–Trinajstić information content (AvgIpc) is 2.71. The Bertz CT molecular complexity index is 781. The smallest absolute Gasteiger partial charge is 0.306 e. The molecule has 0 amide bonds. The normalized spacial score (nSPS) is 11.8. The molecule has 0 spiro atoms. The van der Waals surface area contributed by atoms with E-state index in [0.29, 0.717) is 6.42 Å². The van der Waals surface area contributed by atoms with E-state index in [4.69, 9.17) is 9.47 Å². The fraction of sp³-hybridized carbons (Fsp3) is 0.417. The summed E-state index contributed by atoms with van der Waals surface area (Å²) in [5, 5.41) is 2.28. The fourth-order valence-electron chi connectivity index (χ4n) is 2.99. The molecule has 0 fully saturated rings. The van der Waals surface area contributed by atoms with E-state index < -0.39 is 0 Å². The summed E-state index contributed by atoms with van der Waals surface area (Å²) >= 11 is 0. The Morgan fingerprint density at radius 3 is 2.50 bits per heavy atom. The van der Waals surface area contributed by atoms with Crippen LogP contribution in [-0.2, 0) is 25.7 Å². The molecule has 2 aromatic rings. The van der Waals surface area contributed by atoms with Gasteiger partial charge in [-0.15, -0.1) is 0 Å². The molecule has 1 unspecified atom stereocenters. The Balaban J connectivity index is 1.66. The van der Waals surface area contributed by atoms with Crippen molar-refractivity contribution < 1.29 is 19.1 Å². The van der Waals surface area contributed by atoms with Crippen molar-refractivity contribution in [1.82, 2.24) is 0 Å². The van der Waals surface area contributed by atoms with Crippen LogP contribution in [0.1, 0.15) is 57.4 Å². The van der Waals surface area contributed by atoms with E-state index in [9.17, 15) is 9.59 Å². The zero-order valence-corrected chi connectivity index (χ0v) is 16.7. The molecule has 28 heavy (non-hydrogen) atoms. The fourth-order valence-corrected chi connectivity index (χ4v) is 2.99. The maximum Gasteiger partial charge on any atom is 0.306 e. The van der Waals surface area contributed by atoms with Crippen LogP contribution < -0.4 is 0 Å². The molecule has 0 aliphatic heterocycles. The van der Waals surface area contributed by atoms with Gasteiger partial charge in [-0.05, 0) is 41.7 Å². The van der Waals surface area contributed by atoms with Crippen molar-refractivity contribution >= 4 is 22.7 Å². The third-order valence-corrected chi connectivity index (χ3v) is 4.61. The van der Waals surface area contributed by atoms with Gasteiger partial charge in [0.25, 0.3) is 0 Å². The monoisotopic (exact) mass is 382 g/mol. The third-order valence-electron chi connectivity index (χ3n) is 4.61. The summed E-state index contributed by atoms with van der Waals surface area (Å²) < 4.78 is 10.7. The molecule has 0 saturated carbocycles. The molecular formula is C24H30O4. The maximum absolute atomic E-state index is 11.9. The molecule has 2 rings (SSSR count). The van der Waals surface area contributed by atoms with Crippen LogP contribution in [0.5, 0.6) is 0 Å². The summed E-state index contributed by atoms with van der Waals surface area (Å²) in [6, 6.07) is 14.1. The van der Waals surface area contributed by atoms with Crippen LogP contribution in [0.2, 0.25) is 0 Å². The van der Waals surface area contributed by atoms with Gasteiger partial charge in [-0.2, -0.15) is 0 Å². The highest BCUT2D eigenvalue weighted by atomic mass is 16.5. The number of hydrogen-bond acceptors (Lipinski definition) is 4. The first kappa shape index (κ1) is 21.7. The summed E-state index contributed by atoms with van der Waals surface area (Å²) in [6.45, 7) is 6.10. The Hall–Kier alpha value is -2.62. The molecule has 0 radical (unpaired) electrons. The Labute approximate surface area is 167 Å². The summed E-state index contributed by atoms with van der Waals surface area (Å²) in [5.41, 5.74) is 0.951. The van der Waals surface area contributed by atoms with E-state index in [0.717, 1.165) is 42.0 Å². The lowest BCUT2D eigenvalue weighted by molar-refractivity contribution is -0.148. The van der Waals surface area contributed by atoms with Gasteiger partial charge < -0.3 is 9.47 Å². The number of fused-ring (bicyclic) bond motifs is 1. The predicted molar refractivity (Wildman–Crippen MR) is 112 cm³/mol. The van der Waals surface area contributed by atoms with Gasteiger partial charge in [-0.25, -0.2) is 0 Å². The number of carbonyl (C=O) groups excluding carboxylic acids is 2. The Morgan fingerprint density at radius 1 is 1.00 bits per heavy atom. The van der Waals surface area contributed by atoms with Crippen molar-refractivity contribution in [3.05, 3.63) is 60.7 Å². The zero-order chi connectivity index (χ0) is 20.2. The molecule has 0 bridgehead atoms. The van der Waals surface area contributed by atoms with Gasteiger partial charge in [0, 0.05) is 12.8 Å². The van der Waals surface area contributed by atoms with Crippen LogP contribution in [0, 0.1) is 0 Å². The molecular weight excluding hydrogens is 352 g/mol. The highest BCUT2D eigenvalue weighted by Crippen LogP contribution is 2.16. The minimum Gasteiger partial charge on any atom is -0.461 e. The van der Waals surface area contributed by atoms with Crippen molar-refractivity contribution in [2.75, 3.05) is 0 Å². The summed E-state index contributed by atoms with van der Waals surface area (Å²) in [4.78, 5) is 23.8. The molecule has 4 heteroatoms. The van der Waals surface area contributed by atoms with Gasteiger partial charge in [-0.1, -0.05) is 68.8 Å². The van der Waals surface area contributed by atoms with Crippen LogP contribution in [0.25, 0.3) is 10.8 Å². The molecule has 0 aliphatic rings. The molecule has 0 heterocycles. The molecule has 150 valence electrons. The van der Waals surface area contributed by atoms with Crippen molar-refractivity contribution in [3.63, 3.8) is 0 Å². The second-order valence-corrected chi connectivity index (χ2v) is 6.96. The van der Waals surface area contributed by atoms with E-state index in [1.54, 1.807) is 6.08 Å². The van der Waals surface area contributed by atoms with Gasteiger partial charge in [-0.3, -0.25) is 9.59 Å². The largest absolute Gasteiger partial charge is 0.461 e. The predicted octanol–water partition coefficient (Wildman–Crippen LogP) is 5.73. The van der Waals surface area contributed by atoms with Gasteiger partial charge in [0.2, 0.25) is 0 Å². The molecule has 0 aliphatic carbocycles. The number of esters is 2. The van der Waals surface area contributed by atoms with Gasteiger partial charge in [0.15, 0.2) is 0 Å². The SMILES string of the molecule is C=CC(CCCCC)OC(=O)CCCC(=O)OCc1ccc2ccccc2c1. The highest BCUT2D eigenvalue weighted by Gasteiger charge is 2.12. The van der Waals surface area contributed by atoms with Gasteiger partial charge in [0.05, 0.1) is 0 Å². The topological polar surface area (TPSA) is 52.6 Å². The number of ether oxygens (including phenoxy) is 2. The van der Waals surface area contributed by atoms with Crippen molar-refractivity contribution in [2.24, 2.45) is 0 Å². The van der Waals surface area contributed by atoms with E-state index in [1.807, 2.05) is 42.5 Å². The molecule has 2 aromatic carbocycles. The second-order valence-electron chi connectivity index (χ2n) is 6.96. The lowest BCUT2D eigenvalue weighted by Gasteiger charge is -2.13. The minimum atomic E-state index is -0.302. The maximum atomic E-state index is 11.9. The standard InChI is InChI=1S/C24H30O4/c1-3-5-6-12-22(4-2)28-24(26)14-9-13-23(25)27-18-19-15-16-20-10-7-8-11-21(20)17-19/h4,7-8,10-11,15-17,22H,2-3,5-6,9,12-14,18H2,1H3. The van der Waals surface area contributed by atoms with Crippen molar-refractivity contribution in [2.45, 2.75) is 64.6 Å². The molecule has 0 saturated heterocycles. The lowest BCUT2D eigenvalue weighted by Crippen LogP contribution is -2.16. The number of unbranched alkanes of at least 4 members (excludes halogenated alkanes) is 2. The summed E-state index contributed by atoms with van der Waals surface area (Å²) in [6.07, 6.45) is 6.33. The molecule has 4 nitrogen and oxygen atoms in total. The Kier molecular flexibility index (Phi) is 9.26. The summed E-state index contributed by atoms with van der Waals surface area (Å²) in [7, 11) is 0. The first-order chi connectivity index (χ1) is 13.6. The summed E-state index contributed by atoms with van der Waals surface area (Å²) in [5.74, 6) is -0.590. The highest BCUT2D eigenvalue weighted by molar-refractivity contribution is 5.83. The number of rotatable bonds is 12. The number of carbonyl (C=O) groups is 2. The molecule has 0 N–H and O–H groups in total. The van der Waals surface area contributed by atoms with E-state index in [2.05, 4.69) is 13.5 Å². The average molecular weight is 382 g/mol.